The molecule has 0 radical (unpaired) electrons. The molecular formula is C23H15N7. The molecule has 0 saturated carbocycles. The lowest BCUT2D eigenvalue weighted by Crippen LogP contribution is -1.86. The van der Waals surface area contributed by atoms with E-state index in [1.165, 1.54) is 0 Å². The smallest absolute Gasteiger partial charge is 0.138 e. The zero-order valence-corrected chi connectivity index (χ0v) is 15.7. The Morgan fingerprint density at radius 2 is 1.50 bits per heavy atom. The van der Waals surface area contributed by atoms with Gasteiger partial charge in [-0.15, -0.1) is 0 Å². The summed E-state index contributed by atoms with van der Waals surface area (Å²) in [7, 11) is 0. The fraction of sp³-hybridized carbons (Fsp3) is 0. The highest BCUT2D eigenvalue weighted by Crippen LogP contribution is 2.33. The number of aromatic amines is 2. The molecule has 6 aromatic heterocycles. The molecule has 6 heterocycles. The van der Waals surface area contributed by atoms with Crippen molar-refractivity contribution < 1.29 is 0 Å². The molecule has 0 atom stereocenters. The molecule has 0 aliphatic carbocycles. The predicted molar refractivity (Wildman–Crippen MR) is 115 cm³/mol. The molecular weight excluding hydrogens is 374 g/mol. The van der Waals surface area contributed by atoms with Crippen molar-refractivity contribution in [3.8, 4) is 34.0 Å². The third-order valence-corrected chi connectivity index (χ3v) is 5.10. The van der Waals surface area contributed by atoms with Crippen molar-refractivity contribution in [2.24, 2.45) is 0 Å². The van der Waals surface area contributed by atoms with E-state index in [1.54, 1.807) is 24.8 Å². The SMILES string of the molecule is c1ccc(-c2cc3c(-c4cc5c(-c6ccccn6)ccnc5[nH]4)n[nH]c3cn2)nc1. The number of hydrogen-bond acceptors (Lipinski definition) is 5. The Hall–Kier alpha value is -4.39. The van der Waals surface area contributed by atoms with E-state index >= 15 is 0 Å². The van der Waals surface area contributed by atoms with Crippen LogP contribution < -0.4 is 0 Å². The molecule has 0 fully saturated rings. The summed E-state index contributed by atoms with van der Waals surface area (Å²) < 4.78 is 0. The zero-order valence-electron chi connectivity index (χ0n) is 15.7. The van der Waals surface area contributed by atoms with Gasteiger partial charge in [0.2, 0.25) is 0 Å². The second kappa shape index (κ2) is 6.59. The summed E-state index contributed by atoms with van der Waals surface area (Å²) >= 11 is 0. The van der Waals surface area contributed by atoms with Gasteiger partial charge >= 0.3 is 0 Å². The van der Waals surface area contributed by atoms with Crippen LogP contribution in [0.4, 0.5) is 0 Å². The number of hydrogen-bond donors (Lipinski definition) is 2. The van der Waals surface area contributed by atoms with Crippen molar-refractivity contribution in [3.05, 3.63) is 79.4 Å². The van der Waals surface area contributed by atoms with Crippen LogP contribution in [-0.4, -0.2) is 35.1 Å². The maximum atomic E-state index is 4.54. The van der Waals surface area contributed by atoms with Crippen LogP contribution in [0.25, 0.3) is 56.0 Å². The normalized spacial score (nSPS) is 11.3. The number of rotatable bonds is 3. The van der Waals surface area contributed by atoms with Gasteiger partial charge in [0.05, 0.1) is 34.5 Å². The number of pyridine rings is 4. The van der Waals surface area contributed by atoms with Crippen LogP contribution in [0.1, 0.15) is 0 Å². The predicted octanol–water partition coefficient (Wildman–Crippen LogP) is 4.63. The summed E-state index contributed by atoms with van der Waals surface area (Å²) in [6, 6.07) is 17.7. The summed E-state index contributed by atoms with van der Waals surface area (Å²) in [6.07, 6.45) is 7.14. The number of nitrogens with zero attached hydrogens (tertiary/aromatic N) is 5. The topological polar surface area (TPSA) is 96.0 Å². The largest absolute Gasteiger partial charge is 0.338 e. The van der Waals surface area contributed by atoms with E-state index in [1.807, 2.05) is 48.5 Å². The summed E-state index contributed by atoms with van der Waals surface area (Å²) in [4.78, 5) is 21.3. The van der Waals surface area contributed by atoms with Gasteiger partial charge in [-0.2, -0.15) is 5.10 Å². The van der Waals surface area contributed by atoms with Gasteiger partial charge in [0, 0.05) is 34.9 Å². The minimum Gasteiger partial charge on any atom is -0.338 e. The minimum atomic E-state index is 0.795. The summed E-state index contributed by atoms with van der Waals surface area (Å²) in [5, 5.41) is 9.58. The summed E-state index contributed by atoms with van der Waals surface area (Å²) in [6.45, 7) is 0. The second-order valence-corrected chi connectivity index (χ2v) is 6.92. The highest BCUT2D eigenvalue weighted by atomic mass is 15.1. The Labute approximate surface area is 170 Å². The summed E-state index contributed by atoms with van der Waals surface area (Å²) in [5.74, 6) is 0. The van der Waals surface area contributed by atoms with Crippen molar-refractivity contribution >= 4 is 21.9 Å². The second-order valence-electron chi connectivity index (χ2n) is 6.92. The van der Waals surface area contributed by atoms with Gasteiger partial charge in [-0.25, -0.2) is 4.98 Å². The van der Waals surface area contributed by atoms with Gasteiger partial charge in [-0.1, -0.05) is 12.1 Å². The molecule has 7 nitrogen and oxygen atoms in total. The van der Waals surface area contributed by atoms with Crippen LogP contribution in [0, 0.1) is 0 Å². The average molecular weight is 389 g/mol. The quantitative estimate of drug-likeness (QED) is 0.460. The molecule has 7 heteroatoms. The van der Waals surface area contributed by atoms with Crippen LogP contribution >= 0.6 is 0 Å². The lowest BCUT2D eigenvalue weighted by atomic mass is 10.1. The van der Waals surface area contributed by atoms with Crippen LogP contribution in [0.2, 0.25) is 0 Å². The van der Waals surface area contributed by atoms with Gasteiger partial charge in [-0.3, -0.25) is 20.1 Å². The van der Waals surface area contributed by atoms with Gasteiger partial charge < -0.3 is 4.98 Å². The number of aromatic nitrogens is 7. The summed E-state index contributed by atoms with van der Waals surface area (Å²) in [5.41, 5.74) is 6.91. The van der Waals surface area contributed by atoms with Crippen molar-refractivity contribution in [2.45, 2.75) is 0 Å². The molecule has 2 N–H and O–H groups in total. The van der Waals surface area contributed by atoms with Gasteiger partial charge in [0.1, 0.15) is 11.3 Å². The highest BCUT2D eigenvalue weighted by Gasteiger charge is 2.15. The van der Waals surface area contributed by atoms with Crippen LogP contribution in [0.3, 0.4) is 0 Å². The first kappa shape index (κ1) is 16.6. The maximum Gasteiger partial charge on any atom is 0.138 e. The van der Waals surface area contributed by atoms with E-state index in [0.29, 0.717) is 0 Å². The molecule has 0 bridgehead atoms. The van der Waals surface area contributed by atoms with Crippen LogP contribution in [-0.2, 0) is 0 Å². The molecule has 0 aliphatic heterocycles. The van der Waals surface area contributed by atoms with Crippen molar-refractivity contribution in [2.75, 3.05) is 0 Å². The third kappa shape index (κ3) is 2.64. The third-order valence-electron chi connectivity index (χ3n) is 5.10. The minimum absolute atomic E-state index is 0.795. The maximum absolute atomic E-state index is 4.54. The van der Waals surface area contributed by atoms with Gasteiger partial charge in [0.15, 0.2) is 0 Å². The van der Waals surface area contributed by atoms with Crippen molar-refractivity contribution in [3.63, 3.8) is 0 Å². The first-order valence-electron chi connectivity index (χ1n) is 9.52. The van der Waals surface area contributed by atoms with E-state index in [9.17, 15) is 0 Å². The van der Waals surface area contributed by atoms with E-state index < -0.39 is 0 Å². The average Bonchev–Trinajstić information content (AvgIpc) is 3.43. The van der Waals surface area contributed by atoms with Crippen LogP contribution in [0.15, 0.2) is 79.4 Å². The fourth-order valence-electron chi connectivity index (χ4n) is 3.68. The standard InChI is InChI=1S/C23H15N7/c1-3-8-24-17(5-1)14-7-10-26-23-15(14)11-20(28-23)22-16-12-19(18-6-2-4-9-25-18)27-13-21(16)29-30-22/h1-13H,(H,26,28)(H,29,30). The Bertz CT molecular complexity index is 1480. The van der Waals surface area contributed by atoms with Crippen molar-refractivity contribution in [1.29, 1.82) is 0 Å². The Morgan fingerprint density at radius 3 is 2.30 bits per heavy atom. The molecule has 0 spiro atoms. The number of fused-ring (bicyclic) bond motifs is 2. The molecule has 6 aromatic rings. The molecule has 0 aliphatic rings. The molecule has 142 valence electrons. The monoisotopic (exact) mass is 389 g/mol. The molecule has 0 saturated heterocycles. The molecule has 30 heavy (non-hydrogen) atoms. The first-order chi connectivity index (χ1) is 14.9. The van der Waals surface area contributed by atoms with E-state index in [0.717, 1.165) is 56.0 Å². The van der Waals surface area contributed by atoms with Crippen molar-refractivity contribution in [1.82, 2.24) is 35.1 Å². The Balaban J connectivity index is 1.52. The van der Waals surface area contributed by atoms with E-state index in [4.69, 9.17) is 0 Å². The molecule has 0 unspecified atom stereocenters. The Morgan fingerprint density at radius 1 is 0.667 bits per heavy atom. The number of nitrogens with one attached hydrogen (secondary N) is 2. The lowest BCUT2D eigenvalue weighted by Gasteiger charge is -2.01. The van der Waals surface area contributed by atoms with Gasteiger partial charge in [0.25, 0.3) is 0 Å². The molecule has 0 aromatic carbocycles. The van der Waals surface area contributed by atoms with Gasteiger partial charge in [-0.05, 0) is 42.5 Å². The zero-order chi connectivity index (χ0) is 19.9. The molecule has 0 amide bonds. The Kier molecular flexibility index (Phi) is 3.64. The fourth-order valence-corrected chi connectivity index (χ4v) is 3.68. The van der Waals surface area contributed by atoms with Crippen LogP contribution in [0.5, 0.6) is 0 Å². The highest BCUT2D eigenvalue weighted by molar-refractivity contribution is 5.99. The van der Waals surface area contributed by atoms with E-state index in [2.05, 4.69) is 41.2 Å². The van der Waals surface area contributed by atoms with E-state index in [-0.39, 0.29) is 0 Å². The lowest BCUT2D eigenvalue weighted by molar-refractivity contribution is 1.11. The number of H-pyrrole nitrogens is 2. The first-order valence-corrected chi connectivity index (χ1v) is 9.52. The molecule has 6 rings (SSSR count).